The summed E-state index contributed by atoms with van der Waals surface area (Å²) >= 11 is 0. The number of H-pyrrole nitrogens is 1. The first-order valence-corrected chi connectivity index (χ1v) is 5.61. The fraction of sp³-hybridized carbons (Fsp3) is 0.214. The molecule has 2 rings (SSSR count). The first-order chi connectivity index (χ1) is 8.54. The molecule has 0 amide bonds. The summed E-state index contributed by atoms with van der Waals surface area (Å²) in [5, 5.41) is 15.4. The van der Waals surface area contributed by atoms with Gasteiger partial charge in [0.2, 0.25) is 0 Å². The summed E-state index contributed by atoms with van der Waals surface area (Å²) in [4.78, 5) is 11.2. The minimum Gasteiger partial charge on any atom is -0.268 e. The SMILES string of the molecule is Cc1ccc(-c2n[nH]c(=O)cc2C#N)c(C)c1C. The Kier molecular flexibility index (Phi) is 2.99. The summed E-state index contributed by atoms with van der Waals surface area (Å²) in [6.45, 7) is 6.06. The molecule has 1 aromatic heterocycles. The van der Waals surface area contributed by atoms with E-state index in [4.69, 9.17) is 5.26 Å². The normalized spacial score (nSPS) is 10.1. The molecule has 1 N–H and O–H groups in total. The maximum Gasteiger partial charge on any atom is 0.265 e. The number of hydrogen-bond donors (Lipinski definition) is 1. The van der Waals surface area contributed by atoms with Crippen LogP contribution in [0.15, 0.2) is 23.0 Å². The van der Waals surface area contributed by atoms with Crippen molar-refractivity contribution in [2.45, 2.75) is 20.8 Å². The van der Waals surface area contributed by atoms with E-state index in [1.165, 1.54) is 17.2 Å². The zero-order chi connectivity index (χ0) is 13.3. The second-order valence-corrected chi connectivity index (χ2v) is 4.29. The van der Waals surface area contributed by atoms with Crippen molar-refractivity contribution in [2.75, 3.05) is 0 Å². The number of hydrogen-bond acceptors (Lipinski definition) is 3. The Bertz CT molecular complexity index is 708. The molecule has 90 valence electrons. The Morgan fingerprint density at radius 1 is 1.22 bits per heavy atom. The maximum atomic E-state index is 11.2. The van der Waals surface area contributed by atoms with Crippen LogP contribution in [-0.4, -0.2) is 10.2 Å². The molecule has 2 aromatic rings. The lowest BCUT2D eigenvalue weighted by molar-refractivity contribution is 0.987. The topological polar surface area (TPSA) is 69.5 Å². The van der Waals surface area contributed by atoms with E-state index in [1.807, 2.05) is 39.0 Å². The maximum absolute atomic E-state index is 11.2. The summed E-state index contributed by atoms with van der Waals surface area (Å²) in [6.07, 6.45) is 0. The summed E-state index contributed by atoms with van der Waals surface area (Å²) in [6, 6.07) is 7.21. The number of aromatic amines is 1. The summed E-state index contributed by atoms with van der Waals surface area (Å²) < 4.78 is 0. The van der Waals surface area contributed by atoms with E-state index in [0.717, 1.165) is 11.1 Å². The zero-order valence-corrected chi connectivity index (χ0v) is 10.5. The largest absolute Gasteiger partial charge is 0.268 e. The number of benzene rings is 1. The minimum atomic E-state index is -0.364. The zero-order valence-electron chi connectivity index (χ0n) is 10.5. The fourth-order valence-corrected chi connectivity index (χ4v) is 1.91. The average molecular weight is 239 g/mol. The lowest BCUT2D eigenvalue weighted by Crippen LogP contribution is -2.09. The molecule has 0 spiro atoms. The number of nitrogens with one attached hydrogen (secondary N) is 1. The van der Waals surface area contributed by atoms with E-state index in [0.29, 0.717) is 11.3 Å². The van der Waals surface area contributed by atoms with Crippen molar-refractivity contribution < 1.29 is 0 Å². The van der Waals surface area contributed by atoms with Crippen molar-refractivity contribution in [2.24, 2.45) is 0 Å². The highest BCUT2D eigenvalue weighted by Crippen LogP contribution is 2.27. The molecule has 0 saturated carbocycles. The van der Waals surface area contributed by atoms with Crippen LogP contribution in [0.4, 0.5) is 0 Å². The monoisotopic (exact) mass is 239 g/mol. The Balaban J connectivity index is 2.75. The van der Waals surface area contributed by atoms with Crippen LogP contribution >= 0.6 is 0 Å². The molecular formula is C14H13N3O. The van der Waals surface area contributed by atoms with Crippen molar-refractivity contribution in [3.63, 3.8) is 0 Å². The van der Waals surface area contributed by atoms with Crippen molar-refractivity contribution in [3.05, 3.63) is 50.8 Å². The molecule has 0 aliphatic rings. The van der Waals surface area contributed by atoms with Crippen molar-refractivity contribution in [1.29, 1.82) is 5.26 Å². The van der Waals surface area contributed by atoms with Crippen LogP contribution < -0.4 is 5.56 Å². The molecule has 0 aliphatic carbocycles. The molecule has 0 fully saturated rings. The second kappa shape index (κ2) is 4.46. The lowest BCUT2D eigenvalue weighted by atomic mass is 9.95. The van der Waals surface area contributed by atoms with Gasteiger partial charge in [0.1, 0.15) is 11.8 Å². The third-order valence-corrected chi connectivity index (χ3v) is 3.24. The standard InChI is InChI=1S/C14H13N3O/c1-8-4-5-12(10(3)9(8)2)14-11(7-15)6-13(18)16-17-14/h4-6H,1-3H3,(H,16,18). The molecule has 0 atom stereocenters. The van der Waals surface area contributed by atoms with Crippen LogP contribution in [0.2, 0.25) is 0 Å². The van der Waals surface area contributed by atoms with Gasteiger partial charge in [-0.1, -0.05) is 12.1 Å². The number of aromatic nitrogens is 2. The smallest absolute Gasteiger partial charge is 0.265 e. The van der Waals surface area contributed by atoms with Crippen molar-refractivity contribution >= 4 is 0 Å². The molecule has 18 heavy (non-hydrogen) atoms. The van der Waals surface area contributed by atoms with Gasteiger partial charge in [-0.15, -0.1) is 0 Å². The van der Waals surface area contributed by atoms with E-state index in [2.05, 4.69) is 10.2 Å². The van der Waals surface area contributed by atoms with Crippen LogP contribution in [0, 0.1) is 32.1 Å². The highest BCUT2D eigenvalue weighted by atomic mass is 16.1. The molecular weight excluding hydrogens is 226 g/mol. The molecule has 0 bridgehead atoms. The van der Waals surface area contributed by atoms with E-state index in [-0.39, 0.29) is 5.56 Å². The first-order valence-electron chi connectivity index (χ1n) is 5.61. The van der Waals surface area contributed by atoms with Gasteiger partial charge in [-0.3, -0.25) is 4.79 Å². The van der Waals surface area contributed by atoms with Gasteiger partial charge in [0.25, 0.3) is 5.56 Å². The van der Waals surface area contributed by atoms with Gasteiger partial charge in [0.05, 0.1) is 5.56 Å². The van der Waals surface area contributed by atoms with E-state index < -0.39 is 0 Å². The van der Waals surface area contributed by atoms with Gasteiger partial charge < -0.3 is 0 Å². The Morgan fingerprint density at radius 2 is 1.94 bits per heavy atom. The van der Waals surface area contributed by atoms with Crippen LogP contribution in [-0.2, 0) is 0 Å². The quantitative estimate of drug-likeness (QED) is 0.829. The van der Waals surface area contributed by atoms with Gasteiger partial charge in [0.15, 0.2) is 0 Å². The summed E-state index contributed by atoms with van der Waals surface area (Å²) in [7, 11) is 0. The average Bonchev–Trinajstić information content (AvgIpc) is 2.37. The molecule has 4 nitrogen and oxygen atoms in total. The number of nitrogens with zero attached hydrogens (tertiary/aromatic N) is 2. The second-order valence-electron chi connectivity index (χ2n) is 4.29. The van der Waals surface area contributed by atoms with Gasteiger partial charge in [-0.25, -0.2) is 5.10 Å². The lowest BCUT2D eigenvalue weighted by Gasteiger charge is -2.11. The van der Waals surface area contributed by atoms with E-state index in [1.54, 1.807) is 0 Å². The summed E-state index contributed by atoms with van der Waals surface area (Å²) in [5.41, 5.74) is 4.78. The number of aryl methyl sites for hydroxylation is 1. The minimum absolute atomic E-state index is 0.296. The predicted molar refractivity (Wildman–Crippen MR) is 69.2 cm³/mol. The Labute approximate surface area is 105 Å². The molecule has 0 aliphatic heterocycles. The highest BCUT2D eigenvalue weighted by Gasteiger charge is 2.12. The van der Waals surface area contributed by atoms with Crippen LogP contribution in [0.3, 0.4) is 0 Å². The van der Waals surface area contributed by atoms with Crippen LogP contribution in [0.1, 0.15) is 22.3 Å². The van der Waals surface area contributed by atoms with Gasteiger partial charge in [-0.2, -0.15) is 10.4 Å². The highest BCUT2D eigenvalue weighted by molar-refractivity contribution is 5.70. The van der Waals surface area contributed by atoms with E-state index in [9.17, 15) is 4.79 Å². The number of nitriles is 1. The number of rotatable bonds is 1. The first kappa shape index (κ1) is 12.1. The van der Waals surface area contributed by atoms with Crippen molar-refractivity contribution in [3.8, 4) is 17.3 Å². The molecule has 4 heteroatoms. The molecule has 1 aromatic carbocycles. The van der Waals surface area contributed by atoms with Gasteiger partial charge in [-0.05, 0) is 37.5 Å². The van der Waals surface area contributed by atoms with Gasteiger partial charge in [0, 0.05) is 11.6 Å². The third kappa shape index (κ3) is 1.91. The molecule has 0 saturated heterocycles. The van der Waals surface area contributed by atoms with Crippen molar-refractivity contribution in [1.82, 2.24) is 10.2 Å². The summed E-state index contributed by atoms with van der Waals surface area (Å²) in [5.74, 6) is 0. The van der Waals surface area contributed by atoms with Crippen LogP contribution in [0.25, 0.3) is 11.3 Å². The molecule has 0 unspecified atom stereocenters. The van der Waals surface area contributed by atoms with E-state index >= 15 is 0 Å². The van der Waals surface area contributed by atoms with Crippen LogP contribution in [0.5, 0.6) is 0 Å². The van der Waals surface area contributed by atoms with Gasteiger partial charge >= 0.3 is 0 Å². The fourth-order valence-electron chi connectivity index (χ4n) is 1.91. The predicted octanol–water partition coefficient (Wildman–Crippen LogP) is 2.23. The molecule has 0 radical (unpaired) electrons. The molecule has 1 heterocycles. The third-order valence-electron chi connectivity index (χ3n) is 3.24. The Morgan fingerprint density at radius 3 is 2.61 bits per heavy atom. The Hall–Kier alpha value is -2.41.